The predicted octanol–water partition coefficient (Wildman–Crippen LogP) is 4.58. The Hall–Kier alpha value is -1.35. The van der Waals surface area contributed by atoms with Gasteiger partial charge in [0.25, 0.3) is 0 Å². The van der Waals surface area contributed by atoms with Crippen molar-refractivity contribution in [2.75, 3.05) is 6.54 Å². The van der Waals surface area contributed by atoms with E-state index in [1.165, 1.54) is 0 Å². The van der Waals surface area contributed by atoms with Crippen molar-refractivity contribution in [2.24, 2.45) is 5.41 Å². The summed E-state index contributed by atoms with van der Waals surface area (Å²) >= 11 is 0. The first-order chi connectivity index (χ1) is 8.84. The van der Waals surface area contributed by atoms with Gasteiger partial charge in [-0.25, -0.2) is 4.39 Å². The van der Waals surface area contributed by atoms with Crippen LogP contribution >= 0.6 is 0 Å². The molecule has 3 heteroatoms. The highest BCUT2D eigenvalue weighted by Gasteiger charge is 2.28. The molecular weight excluding hydrogens is 241 g/mol. The van der Waals surface area contributed by atoms with Crippen molar-refractivity contribution >= 4 is 11.0 Å². The van der Waals surface area contributed by atoms with E-state index in [0.717, 1.165) is 17.7 Å². The maximum absolute atomic E-state index is 14.0. The highest BCUT2D eigenvalue weighted by molar-refractivity contribution is 5.79. The Bertz CT molecular complexity index is 580. The first-order valence-electron chi connectivity index (χ1n) is 6.76. The molecule has 0 fully saturated rings. The maximum atomic E-state index is 14.0. The van der Waals surface area contributed by atoms with E-state index in [0.29, 0.717) is 11.1 Å². The van der Waals surface area contributed by atoms with Gasteiger partial charge in [0.1, 0.15) is 5.76 Å². The summed E-state index contributed by atoms with van der Waals surface area (Å²) in [6.07, 6.45) is 0. The molecule has 1 atom stereocenters. The van der Waals surface area contributed by atoms with E-state index in [1.54, 1.807) is 13.0 Å². The van der Waals surface area contributed by atoms with Gasteiger partial charge in [-0.15, -0.1) is 0 Å². The Morgan fingerprint density at radius 3 is 2.58 bits per heavy atom. The van der Waals surface area contributed by atoms with E-state index >= 15 is 0 Å². The lowest BCUT2D eigenvalue weighted by Gasteiger charge is -2.29. The van der Waals surface area contributed by atoms with E-state index in [-0.39, 0.29) is 17.3 Å². The van der Waals surface area contributed by atoms with Crippen molar-refractivity contribution in [3.8, 4) is 0 Å². The Morgan fingerprint density at radius 1 is 1.32 bits per heavy atom. The minimum atomic E-state index is -0.257. The molecule has 0 aliphatic rings. The standard InChI is InChI=1S/C16H22FNO/c1-6-18-15(16(3,4)5)12-9-11-8-7-10(2)13(17)14(11)19-12/h7-9,15,18H,6H2,1-5H3. The zero-order chi connectivity index (χ0) is 14.2. The fraction of sp³-hybridized carbons (Fsp3) is 0.500. The van der Waals surface area contributed by atoms with Gasteiger partial charge in [-0.2, -0.15) is 0 Å². The van der Waals surface area contributed by atoms with Gasteiger partial charge in [0.05, 0.1) is 6.04 Å². The quantitative estimate of drug-likeness (QED) is 0.877. The fourth-order valence-electron chi connectivity index (χ4n) is 2.37. The Labute approximate surface area is 114 Å². The third kappa shape index (κ3) is 2.66. The molecule has 0 radical (unpaired) electrons. The van der Waals surface area contributed by atoms with Crippen LogP contribution in [0.5, 0.6) is 0 Å². The van der Waals surface area contributed by atoms with Gasteiger partial charge in [0, 0.05) is 5.39 Å². The normalized spacial score (nSPS) is 14.0. The second kappa shape index (κ2) is 4.97. The van der Waals surface area contributed by atoms with Crippen molar-refractivity contribution in [1.82, 2.24) is 5.32 Å². The molecule has 104 valence electrons. The van der Waals surface area contributed by atoms with Crippen LogP contribution in [0.1, 0.15) is 45.1 Å². The first kappa shape index (κ1) is 14.1. The van der Waals surface area contributed by atoms with Crippen LogP contribution < -0.4 is 5.32 Å². The van der Waals surface area contributed by atoms with Crippen molar-refractivity contribution in [3.63, 3.8) is 0 Å². The van der Waals surface area contributed by atoms with Crippen LogP contribution in [0.3, 0.4) is 0 Å². The summed E-state index contributed by atoms with van der Waals surface area (Å²) in [5, 5.41) is 4.24. The highest BCUT2D eigenvalue weighted by Crippen LogP contribution is 2.36. The van der Waals surface area contributed by atoms with E-state index in [2.05, 4.69) is 33.0 Å². The van der Waals surface area contributed by atoms with Gasteiger partial charge in [0.2, 0.25) is 0 Å². The number of benzene rings is 1. The molecule has 0 amide bonds. The average molecular weight is 263 g/mol. The Balaban J connectivity index is 2.53. The second-order valence-electron chi connectivity index (χ2n) is 6.12. The Kier molecular flexibility index (Phi) is 3.68. The largest absolute Gasteiger partial charge is 0.456 e. The van der Waals surface area contributed by atoms with Crippen molar-refractivity contribution in [2.45, 2.75) is 40.7 Å². The lowest BCUT2D eigenvalue weighted by atomic mass is 9.85. The summed E-state index contributed by atoms with van der Waals surface area (Å²) in [6.45, 7) is 11.1. The summed E-state index contributed by atoms with van der Waals surface area (Å²) in [7, 11) is 0. The third-order valence-corrected chi connectivity index (χ3v) is 3.40. The van der Waals surface area contributed by atoms with E-state index in [4.69, 9.17) is 4.42 Å². The van der Waals surface area contributed by atoms with Crippen LogP contribution in [0.15, 0.2) is 22.6 Å². The molecule has 1 aromatic heterocycles. The van der Waals surface area contributed by atoms with Crippen LogP contribution in [-0.4, -0.2) is 6.54 Å². The zero-order valence-electron chi connectivity index (χ0n) is 12.3. The minimum absolute atomic E-state index is 0.00933. The smallest absolute Gasteiger partial charge is 0.170 e. The molecule has 0 aliphatic carbocycles. The number of aryl methyl sites for hydroxylation is 1. The number of fused-ring (bicyclic) bond motifs is 1. The molecular formula is C16H22FNO. The lowest BCUT2D eigenvalue weighted by Crippen LogP contribution is -2.31. The van der Waals surface area contributed by atoms with Gasteiger partial charge >= 0.3 is 0 Å². The zero-order valence-corrected chi connectivity index (χ0v) is 12.3. The molecule has 0 bridgehead atoms. The van der Waals surface area contributed by atoms with Crippen LogP contribution in [0.25, 0.3) is 11.0 Å². The molecule has 0 spiro atoms. The summed E-state index contributed by atoms with van der Waals surface area (Å²) in [5.74, 6) is 0.543. The van der Waals surface area contributed by atoms with E-state index in [9.17, 15) is 4.39 Å². The number of hydrogen-bond donors (Lipinski definition) is 1. The molecule has 1 heterocycles. The molecule has 2 nitrogen and oxygen atoms in total. The number of rotatable bonds is 3. The molecule has 0 aliphatic heterocycles. The summed E-state index contributed by atoms with van der Waals surface area (Å²) < 4.78 is 19.8. The molecule has 1 N–H and O–H groups in total. The minimum Gasteiger partial charge on any atom is -0.456 e. The van der Waals surface area contributed by atoms with Gasteiger partial charge < -0.3 is 9.73 Å². The van der Waals surface area contributed by atoms with Crippen molar-refractivity contribution in [3.05, 3.63) is 35.3 Å². The monoisotopic (exact) mass is 263 g/mol. The predicted molar refractivity (Wildman–Crippen MR) is 76.8 cm³/mol. The summed E-state index contributed by atoms with van der Waals surface area (Å²) in [5.41, 5.74) is 0.987. The SMILES string of the molecule is CCNC(c1cc2ccc(C)c(F)c2o1)C(C)(C)C. The van der Waals surface area contributed by atoms with Crippen molar-refractivity contribution < 1.29 is 8.81 Å². The first-order valence-corrected chi connectivity index (χ1v) is 6.76. The number of furan rings is 1. The van der Waals surface area contributed by atoms with Gasteiger partial charge in [-0.1, -0.05) is 39.8 Å². The van der Waals surface area contributed by atoms with Crippen LogP contribution in [0.4, 0.5) is 4.39 Å². The van der Waals surface area contributed by atoms with Crippen LogP contribution in [-0.2, 0) is 0 Å². The third-order valence-electron chi connectivity index (χ3n) is 3.40. The van der Waals surface area contributed by atoms with Gasteiger partial charge in [-0.05, 0) is 30.5 Å². The summed E-state index contributed by atoms with van der Waals surface area (Å²) in [4.78, 5) is 0. The number of halogens is 1. The molecule has 1 aromatic carbocycles. The molecule has 0 saturated heterocycles. The topological polar surface area (TPSA) is 25.2 Å². The molecule has 2 rings (SSSR count). The number of hydrogen-bond acceptors (Lipinski definition) is 2. The van der Waals surface area contributed by atoms with E-state index in [1.807, 2.05) is 12.1 Å². The van der Waals surface area contributed by atoms with Crippen LogP contribution in [0, 0.1) is 18.2 Å². The lowest BCUT2D eigenvalue weighted by molar-refractivity contribution is 0.244. The number of nitrogens with one attached hydrogen (secondary N) is 1. The van der Waals surface area contributed by atoms with Crippen LogP contribution in [0.2, 0.25) is 0 Å². The highest BCUT2D eigenvalue weighted by atomic mass is 19.1. The molecule has 1 unspecified atom stereocenters. The fourth-order valence-corrected chi connectivity index (χ4v) is 2.37. The van der Waals surface area contributed by atoms with E-state index < -0.39 is 0 Å². The summed E-state index contributed by atoms with van der Waals surface area (Å²) in [6, 6.07) is 5.71. The Morgan fingerprint density at radius 2 is 2.00 bits per heavy atom. The van der Waals surface area contributed by atoms with Gasteiger partial charge in [-0.3, -0.25) is 0 Å². The average Bonchev–Trinajstić information content (AvgIpc) is 2.73. The molecule has 0 saturated carbocycles. The second-order valence-corrected chi connectivity index (χ2v) is 6.12. The maximum Gasteiger partial charge on any atom is 0.170 e. The molecule has 19 heavy (non-hydrogen) atoms. The van der Waals surface area contributed by atoms with Gasteiger partial charge in [0.15, 0.2) is 11.4 Å². The molecule has 2 aromatic rings. The van der Waals surface area contributed by atoms with Crippen molar-refractivity contribution in [1.29, 1.82) is 0 Å².